The molecule has 5 aromatic carbocycles. The molecule has 0 aliphatic carbocycles. The van der Waals surface area contributed by atoms with Crippen LogP contribution in [0.2, 0.25) is 0 Å². The highest BCUT2D eigenvalue weighted by molar-refractivity contribution is 6.32. The molecule has 148 valence electrons. The van der Waals surface area contributed by atoms with Gasteiger partial charge in [-0.25, -0.2) is 0 Å². The summed E-state index contributed by atoms with van der Waals surface area (Å²) in [5.41, 5.74) is 9.15. The van der Waals surface area contributed by atoms with Gasteiger partial charge in [-0.1, -0.05) is 90.4 Å². The van der Waals surface area contributed by atoms with E-state index >= 15 is 0 Å². The van der Waals surface area contributed by atoms with E-state index in [4.69, 9.17) is 7.85 Å². The van der Waals surface area contributed by atoms with E-state index in [0.717, 1.165) is 11.2 Å². The molecular formula is C30H20BN. The summed E-state index contributed by atoms with van der Waals surface area (Å²) in [5, 5.41) is 2.49. The van der Waals surface area contributed by atoms with Crippen molar-refractivity contribution < 1.29 is 0 Å². The zero-order valence-corrected chi connectivity index (χ0v) is 17.6. The minimum atomic E-state index is 0.771. The lowest BCUT2D eigenvalue weighted by Crippen LogP contribution is -2.02. The van der Waals surface area contributed by atoms with Crippen LogP contribution in [0.1, 0.15) is 0 Å². The van der Waals surface area contributed by atoms with Gasteiger partial charge in [0.2, 0.25) is 0 Å². The second-order valence-electron chi connectivity index (χ2n) is 8.12. The first kappa shape index (κ1) is 18.7. The molecule has 6 rings (SSSR count). The first-order valence-electron chi connectivity index (χ1n) is 10.8. The average Bonchev–Trinajstić information content (AvgIpc) is 3.19. The molecule has 2 heteroatoms. The first-order valence-corrected chi connectivity index (χ1v) is 10.8. The summed E-state index contributed by atoms with van der Waals surface area (Å²) in [5.74, 6) is 0. The molecule has 0 atom stereocenters. The summed E-state index contributed by atoms with van der Waals surface area (Å²) in [6.45, 7) is 0. The SMILES string of the molecule is [B]c1ccc(-n2c3ccc(-c4ccccc4)cc3c3cc(-c4ccccc4)ccc32)cc1. The van der Waals surface area contributed by atoms with Crippen LogP contribution >= 0.6 is 0 Å². The van der Waals surface area contributed by atoms with Crippen LogP contribution in [0, 0.1) is 0 Å². The van der Waals surface area contributed by atoms with Crippen molar-refractivity contribution in [3.63, 3.8) is 0 Å². The predicted octanol–water partition coefficient (Wildman–Crippen LogP) is 6.91. The van der Waals surface area contributed by atoms with Gasteiger partial charge in [0.05, 0.1) is 11.0 Å². The van der Waals surface area contributed by atoms with Crippen LogP contribution in [0.3, 0.4) is 0 Å². The number of fused-ring (bicyclic) bond motifs is 3. The summed E-state index contributed by atoms with van der Waals surface area (Å²) in [6, 6.07) is 42.7. The third-order valence-electron chi connectivity index (χ3n) is 6.13. The number of nitrogens with zero attached hydrogens (tertiary/aromatic N) is 1. The molecule has 6 aromatic rings. The number of benzene rings is 5. The highest BCUT2D eigenvalue weighted by Gasteiger charge is 2.14. The number of rotatable bonds is 3. The van der Waals surface area contributed by atoms with Crippen LogP contribution in [0.15, 0.2) is 121 Å². The Bertz CT molecular complexity index is 1450. The van der Waals surface area contributed by atoms with Crippen molar-refractivity contribution in [1.29, 1.82) is 0 Å². The molecule has 2 radical (unpaired) electrons. The van der Waals surface area contributed by atoms with Crippen molar-refractivity contribution in [2.24, 2.45) is 0 Å². The molecular weight excluding hydrogens is 385 g/mol. The largest absolute Gasteiger partial charge is 0.309 e. The summed E-state index contributed by atoms with van der Waals surface area (Å²) >= 11 is 0. The topological polar surface area (TPSA) is 4.93 Å². The van der Waals surface area contributed by atoms with E-state index in [1.807, 2.05) is 12.1 Å². The third kappa shape index (κ3) is 3.12. The fourth-order valence-electron chi connectivity index (χ4n) is 4.55. The number of hydrogen-bond acceptors (Lipinski definition) is 0. The molecule has 0 aliphatic rings. The van der Waals surface area contributed by atoms with E-state index in [-0.39, 0.29) is 0 Å². The third-order valence-corrected chi connectivity index (χ3v) is 6.13. The molecule has 0 spiro atoms. The summed E-state index contributed by atoms with van der Waals surface area (Å²) in [6.07, 6.45) is 0. The maximum absolute atomic E-state index is 5.96. The smallest absolute Gasteiger partial charge is 0.113 e. The van der Waals surface area contributed by atoms with Crippen molar-refractivity contribution in [2.45, 2.75) is 0 Å². The Kier molecular flexibility index (Phi) is 4.43. The Hall–Kier alpha value is -4.04. The summed E-state index contributed by atoms with van der Waals surface area (Å²) < 4.78 is 2.33. The second-order valence-corrected chi connectivity index (χ2v) is 8.12. The van der Waals surface area contributed by atoms with Crippen LogP contribution in [0.5, 0.6) is 0 Å². The quantitative estimate of drug-likeness (QED) is 0.282. The molecule has 0 fully saturated rings. The molecule has 1 aromatic heterocycles. The minimum absolute atomic E-state index is 0.771. The lowest BCUT2D eigenvalue weighted by atomic mass is 9.96. The molecule has 1 heterocycles. The molecule has 1 nitrogen and oxygen atoms in total. The second kappa shape index (κ2) is 7.58. The Labute approximate surface area is 189 Å². The summed E-state index contributed by atoms with van der Waals surface area (Å²) in [7, 11) is 5.96. The highest BCUT2D eigenvalue weighted by Crippen LogP contribution is 2.36. The molecule has 0 saturated heterocycles. The standard InChI is InChI=1S/C30H20BN/c31-25-13-15-26(16-14-25)32-29-17-11-23(21-7-3-1-4-8-21)19-27(29)28-20-24(12-18-30(28)32)22-9-5-2-6-10-22/h1-20H. The van der Waals surface area contributed by atoms with Crippen molar-refractivity contribution >= 4 is 35.1 Å². The molecule has 32 heavy (non-hydrogen) atoms. The molecule has 0 aliphatic heterocycles. The van der Waals surface area contributed by atoms with E-state index < -0.39 is 0 Å². The average molecular weight is 405 g/mol. The molecule has 0 unspecified atom stereocenters. The maximum atomic E-state index is 5.96. The maximum Gasteiger partial charge on any atom is 0.113 e. The molecule has 0 amide bonds. The molecule has 0 saturated carbocycles. The first-order chi connectivity index (χ1) is 15.8. The number of aromatic nitrogens is 1. The Balaban J connectivity index is 1.66. The van der Waals surface area contributed by atoms with Crippen LogP contribution < -0.4 is 5.46 Å². The van der Waals surface area contributed by atoms with Gasteiger partial charge in [0.25, 0.3) is 0 Å². The lowest BCUT2D eigenvalue weighted by molar-refractivity contribution is 1.18. The van der Waals surface area contributed by atoms with Crippen molar-refractivity contribution in [3.05, 3.63) is 121 Å². The van der Waals surface area contributed by atoms with Gasteiger partial charge in [0.15, 0.2) is 0 Å². The van der Waals surface area contributed by atoms with Gasteiger partial charge in [-0.3, -0.25) is 0 Å². The summed E-state index contributed by atoms with van der Waals surface area (Å²) in [4.78, 5) is 0. The Morgan fingerprint density at radius 2 is 0.906 bits per heavy atom. The van der Waals surface area contributed by atoms with Crippen molar-refractivity contribution in [3.8, 4) is 27.9 Å². The van der Waals surface area contributed by atoms with Gasteiger partial charge < -0.3 is 4.57 Å². The highest BCUT2D eigenvalue weighted by atomic mass is 15.0. The van der Waals surface area contributed by atoms with Gasteiger partial charge in [0, 0.05) is 16.5 Å². The molecule has 0 N–H and O–H groups in total. The van der Waals surface area contributed by atoms with Crippen LogP contribution in [-0.2, 0) is 0 Å². The minimum Gasteiger partial charge on any atom is -0.309 e. The lowest BCUT2D eigenvalue weighted by Gasteiger charge is -2.09. The fourth-order valence-corrected chi connectivity index (χ4v) is 4.55. The van der Waals surface area contributed by atoms with Gasteiger partial charge in [0.1, 0.15) is 7.85 Å². The van der Waals surface area contributed by atoms with E-state index in [1.54, 1.807) is 0 Å². The van der Waals surface area contributed by atoms with Crippen molar-refractivity contribution in [2.75, 3.05) is 0 Å². The van der Waals surface area contributed by atoms with E-state index in [1.165, 1.54) is 44.1 Å². The number of hydrogen-bond donors (Lipinski definition) is 0. The Morgan fingerprint density at radius 1 is 0.438 bits per heavy atom. The van der Waals surface area contributed by atoms with E-state index in [2.05, 4.69) is 114 Å². The van der Waals surface area contributed by atoms with Crippen LogP contribution in [0.25, 0.3) is 49.7 Å². The van der Waals surface area contributed by atoms with E-state index in [9.17, 15) is 0 Å². The zero-order chi connectivity index (χ0) is 21.5. The van der Waals surface area contributed by atoms with Gasteiger partial charge >= 0.3 is 0 Å². The van der Waals surface area contributed by atoms with Gasteiger partial charge in [-0.05, 0) is 58.7 Å². The Morgan fingerprint density at radius 3 is 1.38 bits per heavy atom. The van der Waals surface area contributed by atoms with Crippen LogP contribution in [-0.4, -0.2) is 12.4 Å². The van der Waals surface area contributed by atoms with Gasteiger partial charge in [-0.15, -0.1) is 0 Å². The monoisotopic (exact) mass is 405 g/mol. The van der Waals surface area contributed by atoms with Crippen molar-refractivity contribution in [1.82, 2.24) is 4.57 Å². The normalized spacial score (nSPS) is 11.2. The van der Waals surface area contributed by atoms with E-state index in [0.29, 0.717) is 0 Å². The predicted molar refractivity (Wildman–Crippen MR) is 137 cm³/mol. The van der Waals surface area contributed by atoms with Gasteiger partial charge in [-0.2, -0.15) is 0 Å². The zero-order valence-electron chi connectivity index (χ0n) is 17.6. The molecule has 0 bridgehead atoms. The fraction of sp³-hybridized carbons (Fsp3) is 0. The van der Waals surface area contributed by atoms with Crippen LogP contribution in [0.4, 0.5) is 0 Å².